The minimum atomic E-state index is 0. The normalized spacial score (nSPS) is 8.29. The third kappa shape index (κ3) is 10.7. The van der Waals surface area contributed by atoms with E-state index in [9.17, 15) is 0 Å². The van der Waals surface area contributed by atoms with Gasteiger partial charge in [0.25, 0.3) is 0 Å². The zero-order valence-corrected chi connectivity index (χ0v) is 5.36. The Bertz CT molecular complexity index is 47.0. The molecule has 0 bridgehead atoms. The summed E-state index contributed by atoms with van der Waals surface area (Å²) in [4.78, 5) is 3.58. The number of hydrogen-bond acceptors (Lipinski definition) is 2. The average molecular weight is 124 g/mol. The first-order chi connectivity index (χ1) is 2.91. The lowest BCUT2D eigenvalue weighted by atomic mass is 10.9. The highest BCUT2D eigenvalue weighted by Crippen LogP contribution is 1.60. The molecule has 0 aliphatic heterocycles. The van der Waals surface area contributed by atoms with Crippen LogP contribution in [-0.4, -0.2) is 20.1 Å². The topological polar surface area (TPSA) is 21.6 Å². The smallest absolute Gasteiger partial charge is 0.169 e. The summed E-state index contributed by atoms with van der Waals surface area (Å²) in [6.07, 6.45) is 1.43. The predicted molar refractivity (Wildman–Crippen MR) is 33.3 cm³/mol. The quantitative estimate of drug-likeness (QED) is 0.398. The van der Waals surface area contributed by atoms with Gasteiger partial charge in [0, 0.05) is 7.05 Å². The highest BCUT2D eigenvalue weighted by Gasteiger charge is 1.60. The fraction of sp³-hybridized carbons (Fsp3) is 0.750. The summed E-state index contributed by atoms with van der Waals surface area (Å²) in [7, 11) is 1.68. The van der Waals surface area contributed by atoms with Gasteiger partial charge in [-0.1, -0.05) is 0 Å². The van der Waals surface area contributed by atoms with Crippen LogP contribution in [0.5, 0.6) is 0 Å². The fourth-order valence-corrected chi connectivity index (χ4v) is 0.149. The standard InChI is InChI=1S/C4H9NO.ClH/c1-3-6-4-5-2;/h4H,3H2,1-2H3;1H. The number of ether oxygens (including phenoxy) is 1. The molecular weight excluding hydrogens is 114 g/mol. The molecule has 0 aliphatic carbocycles. The van der Waals surface area contributed by atoms with E-state index in [1.807, 2.05) is 6.92 Å². The van der Waals surface area contributed by atoms with Gasteiger partial charge in [0.1, 0.15) is 0 Å². The largest absolute Gasteiger partial charge is 0.484 e. The Labute approximate surface area is 50.0 Å². The molecule has 0 fully saturated rings. The first kappa shape index (κ1) is 9.90. The van der Waals surface area contributed by atoms with Crippen LogP contribution in [0, 0.1) is 0 Å². The summed E-state index contributed by atoms with van der Waals surface area (Å²) in [5, 5.41) is 0. The number of aliphatic imine (C=N–C) groups is 1. The third-order valence-electron chi connectivity index (χ3n) is 0.347. The lowest BCUT2D eigenvalue weighted by Gasteiger charge is -1.85. The van der Waals surface area contributed by atoms with Crippen LogP contribution >= 0.6 is 12.4 Å². The Hall–Kier alpha value is -0.240. The van der Waals surface area contributed by atoms with Crippen LogP contribution in [0.1, 0.15) is 6.92 Å². The number of rotatable bonds is 2. The van der Waals surface area contributed by atoms with Crippen molar-refractivity contribution in [3.05, 3.63) is 0 Å². The Morgan fingerprint density at radius 2 is 2.29 bits per heavy atom. The van der Waals surface area contributed by atoms with Gasteiger partial charge in [-0.05, 0) is 6.92 Å². The Morgan fingerprint density at radius 3 is 2.43 bits per heavy atom. The van der Waals surface area contributed by atoms with Crippen LogP contribution in [0.4, 0.5) is 0 Å². The molecule has 44 valence electrons. The van der Waals surface area contributed by atoms with Crippen molar-refractivity contribution in [3.63, 3.8) is 0 Å². The van der Waals surface area contributed by atoms with Gasteiger partial charge in [-0.3, -0.25) is 4.99 Å². The second kappa shape index (κ2) is 9.23. The maximum Gasteiger partial charge on any atom is 0.169 e. The van der Waals surface area contributed by atoms with Gasteiger partial charge in [-0.25, -0.2) is 0 Å². The van der Waals surface area contributed by atoms with E-state index in [1.54, 1.807) is 7.05 Å². The molecule has 0 saturated heterocycles. The second-order valence-corrected chi connectivity index (χ2v) is 0.819. The number of halogens is 1. The molecular formula is C4H10ClNO. The molecule has 0 spiro atoms. The number of hydrogen-bond donors (Lipinski definition) is 0. The highest BCUT2D eigenvalue weighted by atomic mass is 35.5. The van der Waals surface area contributed by atoms with Gasteiger partial charge in [-0.15, -0.1) is 12.4 Å². The maximum absolute atomic E-state index is 4.69. The molecule has 7 heavy (non-hydrogen) atoms. The van der Waals surface area contributed by atoms with E-state index in [0.29, 0.717) is 6.61 Å². The van der Waals surface area contributed by atoms with Crippen molar-refractivity contribution in [1.82, 2.24) is 0 Å². The van der Waals surface area contributed by atoms with E-state index in [2.05, 4.69) is 4.99 Å². The Morgan fingerprint density at radius 1 is 1.71 bits per heavy atom. The summed E-state index contributed by atoms with van der Waals surface area (Å²) < 4.78 is 4.69. The van der Waals surface area contributed by atoms with E-state index < -0.39 is 0 Å². The molecule has 0 heterocycles. The van der Waals surface area contributed by atoms with Crippen molar-refractivity contribution in [2.45, 2.75) is 6.92 Å². The van der Waals surface area contributed by atoms with Gasteiger partial charge in [0.05, 0.1) is 6.61 Å². The number of nitrogens with zero attached hydrogens (tertiary/aromatic N) is 1. The van der Waals surface area contributed by atoms with Crippen molar-refractivity contribution < 1.29 is 4.74 Å². The molecule has 0 aromatic heterocycles. The van der Waals surface area contributed by atoms with Crippen LogP contribution in [0.25, 0.3) is 0 Å². The third-order valence-corrected chi connectivity index (χ3v) is 0.347. The molecule has 0 unspecified atom stereocenters. The van der Waals surface area contributed by atoms with Crippen LogP contribution in [0.2, 0.25) is 0 Å². The molecule has 2 nitrogen and oxygen atoms in total. The van der Waals surface area contributed by atoms with Crippen molar-refractivity contribution in [2.75, 3.05) is 13.7 Å². The van der Waals surface area contributed by atoms with E-state index in [4.69, 9.17) is 4.74 Å². The van der Waals surface area contributed by atoms with E-state index in [-0.39, 0.29) is 12.4 Å². The molecule has 0 rings (SSSR count). The molecule has 0 N–H and O–H groups in total. The molecule has 0 amide bonds. The highest BCUT2D eigenvalue weighted by molar-refractivity contribution is 5.85. The van der Waals surface area contributed by atoms with Crippen LogP contribution in [0.15, 0.2) is 4.99 Å². The van der Waals surface area contributed by atoms with Gasteiger partial charge in [0.15, 0.2) is 6.40 Å². The summed E-state index contributed by atoms with van der Waals surface area (Å²) in [6, 6.07) is 0. The van der Waals surface area contributed by atoms with Gasteiger partial charge in [0.2, 0.25) is 0 Å². The molecule has 0 saturated carbocycles. The first-order valence-corrected chi connectivity index (χ1v) is 1.94. The van der Waals surface area contributed by atoms with E-state index in [1.165, 1.54) is 6.40 Å². The summed E-state index contributed by atoms with van der Waals surface area (Å²) in [6.45, 7) is 2.62. The Kier molecular flexibility index (Phi) is 13.1. The molecule has 3 heteroatoms. The molecule has 0 radical (unpaired) electrons. The van der Waals surface area contributed by atoms with Crippen LogP contribution in [-0.2, 0) is 4.74 Å². The first-order valence-electron chi connectivity index (χ1n) is 1.94. The molecule has 0 atom stereocenters. The summed E-state index contributed by atoms with van der Waals surface area (Å²) >= 11 is 0. The predicted octanol–water partition coefficient (Wildman–Crippen LogP) is 1.10. The lowest BCUT2D eigenvalue weighted by Crippen LogP contribution is -1.82. The average Bonchev–Trinajstić information content (AvgIpc) is 1.61. The van der Waals surface area contributed by atoms with Crippen molar-refractivity contribution in [3.8, 4) is 0 Å². The van der Waals surface area contributed by atoms with E-state index in [0.717, 1.165) is 0 Å². The zero-order chi connectivity index (χ0) is 4.83. The minimum Gasteiger partial charge on any atom is -0.484 e. The van der Waals surface area contributed by atoms with Gasteiger partial charge >= 0.3 is 0 Å². The van der Waals surface area contributed by atoms with Gasteiger partial charge in [-0.2, -0.15) is 0 Å². The van der Waals surface area contributed by atoms with Crippen molar-refractivity contribution in [2.24, 2.45) is 4.99 Å². The minimum absolute atomic E-state index is 0. The lowest BCUT2D eigenvalue weighted by molar-refractivity contribution is 0.343. The monoisotopic (exact) mass is 123 g/mol. The van der Waals surface area contributed by atoms with E-state index >= 15 is 0 Å². The van der Waals surface area contributed by atoms with Crippen LogP contribution in [0.3, 0.4) is 0 Å². The molecule has 0 aromatic rings. The van der Waals surface area contributed by atoms with Crippen molar-refractivity contribution in [1.29, 1.82) is 0 Å². The van der Waals surface area contributed by atoms with Gasteiger partial charge < -0.3 is 4.74 Å². The summed E-state index contributed by atoms with van der Waals surface area (Å²) in [5.41, 5.74) is 0. The molecule has 0 aromatic carbocycles. The molecule has 0 aliphatic rings. The summed E-state index contributed by atoms with van der Waals surface area (Å²) in [5.74, 6) is 0. The Balaban J connectivity index is 0. The van der Waals surface area contributed by atoms with Crippen LogP contribution < -0.4 is 0 Å². The second-order valence-electron chi connectivity index (χ2n) is 0.819. The maximum atomic E-state index is 4.69. The SMILES string of the molecule is CCOC=NC.Cl. The zero-order valence-electron chi connectivity index (χ0n) is 4.55. The van der Waals surface area contributed by atoms with Crippen molar-refractivity contribution >= 4 is 18.8 Å². The fourth-order valence-electron chi connectivity index (χ4n) is 0.149.